The molecule has 0 bridgehead atoms. The molecule has 0 spiro atoms. The van der Waals surface area contributed by atoms with E-state index >= 15 is 0 Å². The minimum atomic E-state index is -0.673. The SMILES string of the molecule is O=C(O)C1CCC[C@H](C2=NOC3COCC23)C1. The van der Waals surface area contributed by atoms with Gasteiger partial charge in [-0.15, -0.1) is 0 Å². The molecule has 5 heteroatoms. The average molecular weight is 239 g/mol. The molecule has 2 aliphatic heterocycles. The molecule has 3 rings (SSSR count). The number of carboxylic acids is 1. The lowest BCUT2D eigenvalue weighted by Crippen LogP contribution is -2.32. The summed E-state index contributed by atoms with van der Waals surface area (Å²) in [5, 5.41) is 13.3. The van der Waals surface area contributed by atoms with Gasteiger partial charge in [-0.05, 0) is 19.3 Å². The monoisotopic (exact) mass is 239 g/mol. The second-order valence-corrected chi connectivity index (χ2v) is 5.20. The van der Waals surface area contributed by atoms with Gasteiger partial charge in [0, 0.05) is 5.92 Å². The van der Waals surface area contributed by atoms with Crippen LogP contribution in [0, 0.1) is 17.8 Å². The predicted molar refractivity (Wildman–Crippen MR) is 59.7 cm³/mol. The van der Waals surface area contributed by atoms with Gasteiger partial charge in [0.15, 0.2) is 6.10 Å². The molecule has 1 aliphatic carbocycles. The molecular weight excluding hydrogens is 222 g/mol. The lowest BCUT2D eigenvalue weighted by Gasteiger charge is -2.27. The number of carboxylic acid groups (broad SMARTS) is 1. The van der Waals surface area contributed by atoms with Gasteiger partial charge in [-0.25, -0.2) is 0 Å². The van der Waals surface area contributed by atoms with Gasteiger partial charge in [0.2, 0.25) is 0 Å². The van der Waals surface area contributed by atoms with E-state index < -0.39 is 5.97 Å². The highest BCUT2D eigenvalue weighted by Gasteiger charge is 2.43. The number of ether oxygens (including phenoxy) is 1. The maximum atomic E-state index is 11.0. The van der Waals surface area contributed by atoms with Gasteiger partial charge in [0.25, 0.3) is 0 Å². The molecule has 2 fully saturated rings. The number of rotatable bonds is 2. The molecule has 17 heavy (non-hydrogen) atoms. The first kappa shape index (κ1) is 11.0. The zero-order valence-electron chi connectivity index (χ0n) is 9.67. The van der Waals surface area contributed by atoms with Crippen molar-refractivity contribution in [2.24, 2.45) is 22.9 Å². The summed E-state index contributed by atoms with van der Waals surface area (Å²) in [6, 6.07) is 0. The summed E-state index contributed by atoms with van der Waals surface area (Å²) in [4.78, 5) is 16.4. The van der Waals surface area contributed by atoms with Crippen LogP contribution >= 0.6 is 0 Å². The fourth-order valence-electron chi connectivity index (χ4n) is 3.17. The van der Waals surface area contributed by atoms with Crippen molar-refractivity contribution in [3.8, 4) is 0 Å². The highest BCUT2D eigenvalue weighted by Crippen LogP contribution is 2.36. The predicted octanol–water partition coefficient (Wildman–Crippen LogP) is 1.28. The Kier molecular flexibility index (Phi) is 2.78. The molecule has 5 nitrogen and oxygen atoms in total. The summed E-state index contributed by atoms with van der Waals surface area (Å²) >= 11 is 0. The number of aliphatic carboxylic acids is 1. The minimum Gasteiger partial charge on any atom is -0.481 e. The van der Waals surface area contributed by atoms with Gasteiger partial charge in [0.1, 0.15) is 0 Å². The smallest absolute Gasteiger partial charge is 0.306 e. The van der Waals surface area contributed by atoms with Crippen LogP contribution in [0.2, 0.25) is 0 Å². The van der Waals surface area contributed by atoms with Gasteiger partial charge in [-0.3, -0.25) is 4.79 Å². The highest BCUT2D eigenvalue weighted by atomic mass is 16.7. The van der Waals surface area contributed by atoms with Gasteiger partial charge >= 0.3 is 5.97 Å². The summed E-state index contributed by atoms with van der Waals surface area (Å²) in [7, 11) is 0. The zero-order chi connectivity index (χ0) is 11.8. The van der Waals surface area contributed by atoms with Crippen LogP contribution in [0.15, 0.2) is 5.16 Å². The van der Waals surface area contributed by atoms with Crippen molar-refractivity contribution >= 4 is 11.7 Å². The molecule has 3 aliphatic rings. The first-order valence-corrected chi connectivity index (χ1v) is 6.30. The van der Waals surface area contributed by atoms with Gasteiger partial charge in [-0.2, -0.15) is 0 Å². The van der Waals surface area contributed by atoms with Crippen molar-refractivity contribution in [3.05, 3.63) is 0 Å². The molecule has 2 heterocycles. The number of fused-ring (bicyclic) bond motifs is 1. The Morgan fingerprint density at radius 3 is 3.06 bits per heavy atom. The Morgan fingerprint density at radius 2 is 2.24 bits per heavy atom. The van der Waals surface area contributed by atoms with Crippen LogP contribution in [0.1, 0.15) is 25.7 Å². The fourth-order valence-corrected chi connectivity index (χ4v) is 3.17. The standard InChI is InChI=1S/C12H17NO4/c14-12(15)8-3-1-2-7(4-8)11-9-5-16-6-10(9)17-13-11/h7-10H,1-6H2,(H,14,15)/t7-,8?,9?,10?/m0/s1. The van der Waals surface area contributed by atoms with E-state index in [0.29, 0.717) is 19.6 Å². The molecule has 1 saturated carbocycles. The Bertz CT molecular complexity index is 354. The topological polar surface area (TPSA) is 68.1 Å². The van der Waals surface area contributed by atoms with Crippen LogP contribution in [0.25, 0.3) is 0 Å². The molecular formula is C12H17NO4. The van der Waals surface area contributed by atoms with Crippen LogP contribution in [0.5, 0.6) is 0 Å². The first-order chi connectivity index (χ1) is 8.25. The number of carbonyl (C=O) groups is 1. The molecule has 3 unspecified atom stereocenters. The van der Waals surface area contributed by atoms with Crippen LogP contribution in [0.3, 0.4) is 0 Å². The quantitative estimate of drug-likeness (QED) is 0.788. The number of hydrogen-bond donors (Lipinski definition) is 1. The van der Waals surface area contributed by atoms with Crippen LogP contribution in [-0.2, 0) is 14.4 Å². The van der Waals surface area contributed by atoms with Crippen molar-refractivity contribution in [2.45, 2.75) is 31.8 Å². The molecule has 0 radical (unpaired) electrons. The third-order valence-corrected chi connectivity index (χ3v) is 4.14. The Balaban J connectivity index is 1.70. The third kappa shape index (κ3) is 1.92. The second kappa shape index (κ2) is 4.29. The van der Waals surface area contributed by atoms with E-state index in [1.54, 1.807) is 0 Å². The molecule has 0 aromatic carbocycles. The summed E-state index contributed by atoms with van der Waals surface area (Å²) < 4.78 is 5.38. The van der Waals surface area contributed by atoms with Gasteiger partial charge < -0.3 is 14.7 Å². The van der Waals surface area contributed by atoms with Gasteiger partial charge in [-0.1, -0.05) is 11.6 Å². The summed E-state index contributed by atoms with van der Waals surface area (Å²) in [5.41, 5.74) is 1.05. The minimum absolute atomic E-state index is 0.0789. The lowest BCUT2D eigenvalue weighted by atomic mass is 9.76. The van der Waals surface area contributed by atoms with E-state index in [0.717, 1.165) is 25.0 Å². The molecule has 1 N–H and O–H groups in total. The molecule has 94 valence electrons. The largest absolute Gasteiger partial charge is 0.481 e. The van der Waals surface area contributed by atoms with Crippen molar-refractivity contribution in [1.29, 1.82) is 0 Å². The van der Waals surface area contributed by atoms with Crippen LogP contribution in [0.4, 0.5) is 0 Å². The van der Waals surface area contributed by atoms with E-state index in [-0.39, 0.29) is 23.9 Å². The Hall–Kier alpha value is -1.10. The highest BCUT2D eigenvalue weighted by molar-refractivity contribution is 5.91. The summed E-state index contributed by atoms with van der Waals surface area (Å²) in [6.45, 7) is 1.30. The molecule has 0 aromatic heterocycles. The molecule has 4 atom stereocenters. The van der Waals surface area contributed by atoms with Crippen molar-refractivity contribution in [2.75, 3.05) is 13.2 Å². The number of oxime groups is 1. The van der Waals surface area contributed by atoms with Crippen LogP contribution < -0.4 is 0 Å². The third-order valence-electron chi connectivity index (χ3n) is 4.14. The molecule has 1 saturated heterocycles. The van der Waals surface area contributed by atoms with E-state index in [4.69, 9.17) is 14.7 Å². The van der Waals surface area contributed by atoms with Crippen molar-refractivity contribution in [3.63, 3.8) is 0 Å². The van der Waals surface area contributed by atoms with Crippen molar-refractivity contribution in [1.82, 2.24) is 0 Å². The summed E-state index contributed by atoms with van der Waals surface area (Å²) in [5.74, 6) is -0.333. The van der Waals surface area contributed by atoms with Gasteiger partial charge in [0.05, 0.1) is 30.8 Å². The van der Waals surface area contributed by atoms with E-state index in [1.807, 2.05) is 0 Å². The normalized spacial score (nSPS) is 40.6. The van der Waals surface area contributed by atoms with E-state index in [2.05, 4.69) is 5.16 Å². The van der Waals surface area contributed by atoms with E-state index in [1.165, 1.54) is 0 Å². The average Bonchev–Trinajstić information content (AvgIpc) is 2.90. The lowest BCUT2D eigenvalue weighted by molar-refractivity contribution is -0.143. The number of nitrogens with zero attached hydrogens (tertiary/aromatic N) is 1. The Labute approximate surface area is 99.8 Å². The zero-order valence-corrected chi connectivity index (χ0v) is 9.67. The molecule has 0 amide bonds. The second-order valence-electron chi connectivity index (χ2n) is 5.20. The maximum Gasteiger partial charge on any atom is 0.306 e. The first-order valence-electron chi connectivity index (χ1n) is 6.30. The van der Waals surface area contributed by atoms with E-state index in [9.17, 15) is 4.79 Å². The molecule has 0 aromatic rings. The Morgan fingerprint density at radius 1 is 1.35 bits per heavy atom. The maximum absolute atomic E-state index is 11.0. The van der Waals surface area contributed by atoms with Crippen LogP contribution in [-0.4, -0.2) is 36.1 Å². The fraction of sp³-hybridized carbons (Fsp3) is 0.833. The van der Waals surface area contributed by atoms with Crippen molar-refractivity contribution < 1.29 is 19.5 Å². The summed E-state index contributed by atoms with van der Waals surface area (Å²) in [6.07, 6.45) is 3.59. The number of hydrogen-bond acceptors (Lipinski definition) is 4.